The van der Waals surface area contributed by atoms with Gasteiger partial charge in [0, 0.05) is 32.7 Å². The lowest BCUT2D eigenvalue weighted by Crippen LogP contribution is -2.52. The smallest absolute Gasteiger partial charge is 0.245 e. The summed E-state index contributed by atoms with van der Waals surface area (Å²) in [4.78, 5) is 26.8. The Bertz CT molecular complexity index is 687. The maximum Gasteiger partial charge on any atom is 0.245 e. The maximum atomic E-state index is 12.9. The van der Waals surface area contributed by atoms with E-state index in [0.717, 1.165) is 61.6 Å². The molecule has 2 saturated heterocycles. The lowest BCUT2D eigenvalue weighted by atomic mass is 10.1. The summed E-state index contributed by atoms with van der Waals surface area (Å²) in [6.45, 7) is 4.29. The summed E-state index contributed by atoms with van der Waals surface area (Å²) in [5.74, 6) is 1.17. The van der Waals surface area contributed by atoms with Crippen molar-refractivity contribution < 1.29 is 4.79 Å². The van der Waals surface area contributed by atoms with E-state index in [1.807, 2.05) is 10.3 Å². The minimum atomic E-state index is -0.0731. The molecule has 0 radical (unpaired) electrons. The molecule has 2 aromatic rings. The van der Waals surface area contributed by atoms with Crippen LogP contribution in [0.3, 0.4) is 0 Å². The van der Waals surface area contributed by atoms with Gasteiger partial charge in [-0.2, -0.15) is 0 Å². The molecule has 2 aliphatic rings. The van der Waals surface area contributed by atoms with E-state index in [1.165, 1.54) is 0 Å². The van der Waals surface area contributed by atoms with Crippen LogP contribution >= 0.6 is 23.7 Å². The van der Waals surface area contributed by atoms with Gasteiger partial charge in [-0.25, -0.2) is 9.97 Å². The second kappa shape index (κ2) is 6.98. The fourth-order valence-corrected chi connectivity index (χ4v) is 4.11. The lowest BCUT2D eigenvalue weighted by molar-refractivity contribution is -0.133. The first-order valence-corrected chi connectivity index (χ1v) is 8.67. The highest BCUT2D eigenvalue weighted by atomic mass is 35.5. The number of anilines is 1. The summed E-state index contributed by atoms with van der Waals surface area (Å²) in [6.07, 6.45) is 3.56. The number of amides is 1. The molecule has 124 valence electrons. The van der Waals surface area contributed by atoms with Crippen molar-refractivity contribution in [3.05, 3.63) is 17.8 Å². The number of carbonyl (C=O) groups excluding carboxylic acids is 1. The van der Waals surface area contributed by atoms with Crippen molar-refractivity contribution in [2.45, 2.75) is 18.9 Å². The Hall–Kier alpha value is -1.44. The van der Waals surface area contributed by atoms with Crippen LogP contribution in [0.4, 0.5) is 5.82 Å². The molecule has 4 heterocycles. The molecule has 4 rings (SSSR count). The molecular weight excluding hydrogens is 334 g/mol. The van der Waals surface area contributed by atoms with Gasteiger partial charge in [0.2, 0.25) is 5.91 Å². The Morgan fingerprint density at radius 1 is 1.26 bits per heavy atom. The number of fused-ring (bicyclic) bond motifs is 1. The average molecular weight is 354 g/mol. The van der Waals surface area contributed by atoms with Crippen LogP contribution in [0.5, 0.6) is 0 Å². The van der Waals surface area contributed by atoms with Gasteiger partial charge in [0.15, 0.2) is 0 Å². The summed E-state index contributed by atoms with van der Waals surface area (Å²) in [5.41, 5.74) is 0. The van der Waals surface area contributed by atoms with E-state index in [2.05, 4.69) is 26.3 Å². The molecule has 0 saturated carbocycles. The summed E-state index contributed by atoms with van der Waals surface area (Å²) in [7, 11) is 0. The highest BCUT2D eigenvalue weighted by Crippen LogP contribution is 2.32. The number of carbonyl (C=O) groups is 1. The first-order valence-electron chi connectivity index (χ1n) is 7.79. The fraction of sp³-hybridized carbons (Fsp3) is 0.533. The summed E-state index contributed by atoms with van der Waals surface area (Å²) >= 11 is 1.62. The van der Waals surface area contributed by atoms with Gasteiger partial charge in [0.25, 0.3) is 0 Å². The second-order valence-electron chi connectivity index (χ2n) is 5.76. The largest absolute Gasteiger partial charge is 0.344 e. The second-order valence-corrected chi connectivity index (χ2v) is 6.66. The van der Waals surface area contributed by atoms with Gasteiger partial charge in [-0.05, 0) is 24.3 Å². The molecule has 2 aliphatic heterocycles. The van der Waals surface area contributed by atoms with Gasteiger partial charge < -0.3 is 15.1 Å². The maximum absolute atomic E-state index is 12.9. The summed E-state index contributed by atoms with van der Waals surface area (Å²) in [5, 5.41) is 6.39. The van der Waals surface area contributed by atoms with Crippen molar-refractivity contribution in [2.24, 2.45) is 0 Å². The van der Waals surface area contributed by atoms with Crippen molar-refractivity contribution in [2.75, 3.05) is 37.6 Å². The monoisotopic (exact) mass is 353 g/mol. The van der Waals surface area contributed by atoms with Crippen molar-refractivity contribution in [3.63, 3.8) is 0 Å². The van der Waals surface area contributed by atoms with Gasteiger partial charge in [-0.1, -0.05) is 0 Å². The van der Waals surface area contributed by atoms with Gasteiger partial charge in [0.1, 0.15) is 23.0 Å². The standard InChI is InChI=1S/C15H19N5OS.ClH/c21-15(19-7-4-16-5-8-19)12-2-1-6-20(12)13-11-3-9-22-14(11)18-10-17-13;/h3,9-10,12,16H,1-2,4-8H2;1H. The number of hydrogen-bond acceptors (Lipinski definition) is 6. The van der Waals surface area contributed by atoms with E-state index < -0.39 is 0 Å². The number of aromatic nitrogens is 2. The predicted octanol–water partition coefficient (Wildman–Crippen LogP) is 1.51. The fourth-order valence-electron chi connectivity index (χ4n) is 3.38. The number of halogens is 1. The zero-order chi connectivity index (χ0) is 14.9. The van der Waals surface area contributed by atoms with Crippen molar-refractivity contribution in [1.82, 2.24) is 20.2 Å². The normalized spacial score (nSPS) is 21.5. The van der Waals surface area contributed by atoms with Gasteiger partial charge >= 0.3 is 0 Å². The topological polar surface area (TPSA) is 61.4 Å². The molecule has 1 unspecified atom stereocenters. The molecule has 6 nitrogen and oxygen atoms in total. The first kappa shape index (κ1) is 16.4. The first-order chi connectivity index (χ1) is 10.8. The van der Waals surface area contributed by atoms with Crippen molar-refractivity contribution in [3.8, 4) is 0 Å². The number of nitrogens with one attached hydrogen (secondary N) is 1. The Labute approximate surface area is 145 Å². The number of rotatable bonds is 2. The summed E-state index contributed by atoms with van der Waals surface area (Å²) in [6, 6.07) is 1.98. The van der Waals surface area contributed by atoms with E-state index in [-0.39, 0.29) is 24.4 Å². The molecule has 2 aromatic heterocycles. The van der Waals surface area contributed by atoms with E-state index >= 15 is 0 Å². The molecule has 8 heteroatoms. The zero-order valence-corrected chi connectivity index (χ0v) is 14.4. The minimum absolute atomic E-state index is 0. The highest BCUT2D eigenvalue weighted by Gasteiger charge is 2.35. The van der Waals surface area contributed by atoms with Crippen LogP contribution in [0.1, 0.15) is 12.8 Å². The van der Waals surface area contributed by atoms with Crippen LogP contribution in [0, 0.1) is 0 Å². The minimum Gasteiger partial charge on any atom is -0.344 e. The van der Waals surface area contributed by atoms with Crippen LogP contribution in [0.2, 0.25) is 0 Å². The Balaban J connectivity index is 0.00000156. The molecule has 0 spiro atoms. The zero-order valence-electron chi connectivity index (χ0n) is 12.8. The predicted molar refractivity (Wildman–Crippen MR) is 94.5 cm³/mol. The molecule has 0 aromatic carbocycles. The van der Waals surface area contributed by atoms with Crippen molar-refractivity contribution >= 4 is 45.7 Å². The van der Waals surface area contributed by atoms with Crippen molar-refractivity contribution in [1.29, 1.82) is 0 Å². The molecular formula is C15H20ClN5OS. The van der Waals surface area contributed by atoms with E-state index in [1.54, 1.807) is 17.7 Å². The Morgan fingerprint density at radius 3 is 2.91 bits per heavy atom. The third kappa shape index (κ3) is 3.00. The molecule has 1 N–H and O–H groups in total. The molecule has 0 aliphatic carbocycles. The van der Waals surface area contributed by atoms with E-state index in [9.17, 15) is 4.79 Å². The third-order valence-electron chi connectivity index (χ3n) is 4.48. The highest BCUT2D eigenvalue weighted by molar-refractivity contribution is 7.16. The Kier molecular flexibility index (Phi) is 4.99. The summed E-state index contributed by atoms with van der Waals surface area (Å²) < 4.78 is 0. The number of thiophene rings is 1. The molecule has 23 heavy (non-hydrogen) atoms. The molecule has 2 fully saturated rings. The average Bonchev–Trinajstić information content (AvgIpc) is 3.23. The quantitative estimate of drug-likeness (QED) is 0.886. The van der Waals surface area contributed by atoms with Crippen LogP contribution < -0.4 is 10.2 Å². The van der Waals surface area contributed by atoms with E-state index in [0.29, 0.717) is 0 Å². The number of hydrogen-bond donors (Lipinski definition) is 1. The SMILES string of the molecule is Cl.O=C(C1CCCN1c1ncnc2sccc12)N1CCNCC1. The van der Waals surface area contributed by atoms with Crippen LogP contribution in [-0.4, -0.2) is 59.5 Å². The number of piperazine rings is 1. The molecule has 0 bridgehead atoms. The lowest BCUT2D eigenvalue weighted by Gasteiger charge is -2.33. The third-order valence-corrected chi connectivity index (χ3v) is 5.30. The van der Waals surface area contributed by atoms with Gasteiger partial charge in [-0.15, -0.1) is 23.7 Å². The van der Waals surface area contributed by atoms with E-state index in [4.69, 9.17) is 0 Å². The van der Waals surface area contributed by atoms with Gasteiger partial charge in [-0.3, -0.25) is 4.79 Å². The Morgan fingerprint density at radius 2 is 2.09 bits per heavy atom. The van der Waals surface area contributed by atoms with Gasteiger partial charge in [0.05, 0.1) is 5.39 Å². The van der Waals surface area contributed by atoms with Crippen LogP contribution in [-0.2, 0) is 4.79 Å². The van der Waals surface area contributed by atoms with Crippen LogP contribution in [0.15, 0.2) is 17.8 Å². The number of nitrogens with zero attached hydrogens (tertiary/aromatic N) is 4. The molecule has 1 atom stereocenters. The molecule has 1 amide bonds. The van der Waals surface area contributed by atoms with Crippen LogP contribution in [0.25, 0.3) is 10.2 Å².